The molecule has 0 N–H and O–H groups in total. The molecule has 1 rings (SSSR count). The number of ether oxygens (including phenoxy) is 2. The maximum Gasteiger partial charge on any atom is 0.337 e. The molecule has 0 saturated carbocycles. The molecule has 0 atom stereocenters. The molecule has 3 heteroatoms. The highest BCUT2D eigenvalue weighted by Gasteiger charge is 2.01. The minimum Gasteiger partial charge on any atom is -0.425 e. The van der Waals surface area contributed by atoms with Gasteiger partial charge < -0.3 is 9.47 Å². The van der Waals surface area contributed by atoms with Crippen LogP contribution in [0.4, 0.5) is 0 Å². The zero-order valence-corrected chi connectivity index (χ0v) is 6.82. The van der Waals surface area contributed by atoms with Crippen LogP contribution in [0.5, 0.6) is 5.75 Å². The van der Waals surface area contributed by atoms with Gasteiger partial charge >= 0.3 is 5.97 Å². The molecule has 1 aromatic carbocycles. The molecule has 1 aromatic rings. The number of benzene rings is 1. The first-order valence-electron chi connectivity index (χ1n) is 3.57. The predicted molar refractivity (Wildman–Crippen MR) is 44.0 cm³/mol. The van der Waals surface area contributed by atoms with Crippen molar-refractivity contribution in [3.63, 3.8) is 0 Å². The van der Waals surface area contributed by atoms with E-state index in [0.717, 1.165) is 0 Å². The number of esters is 1. The summed E-state index contributed by atoms with van der Waals surface area (Å²) >= 11 is 0. The van der Waals surface area contributed by atoms with E-state index < -0.39 is 0 Å². The highest BCUT2D eigenvalue weighted by molar-refractivity contribution is 5.73. The largest absolute Gasteiger partial charge is 0.425 e. The normalized spacial score (nSPS) is 9.42. The Bertz CT molecular complexity index is 243. The van der Waals surface area contributed by atoms with Gasteiger partial charge in [-0.3, -0.25) is 0 Å². The minimum absolute atomic E-state index is 0.0190. The molecule has 0 aromatic heterocycles. The fourth-order valence-corrected chi connectivity index (χ4v) is 0.767. The lowest BCUT2D eigenvalue weighted by atomic mass is 10.3. The molecule has 0 fully saturated rings. The van der Waals surface area contributed by atoms with Crippen molar-refractivity contribution in [3.8, 4) is 5.75 Å². The topological polar surface area (TPSA) is 35.5 Å². The first-order chi connectivity index (χ1) is 5.83. The number of methoxy groups -OCH3 is 1. The van der Waals surface area contributed by atoms with E-state index >= 15 is 0 Å². The summed E-state index contributed by atoms with van der Waals surface area (Å²) in [4.78, 5) is 10.9. The third-order valence-electron chi connectivity index (χ3n) is 1.24. The van der Waals surface area contributed by atoms with Crippen LogP contribution in [0.15, 0.2) is 30.3 Å². The maximum atomic E-state index is 10.9. The Morgan fingerprint density at radius 2 is 2.00 bits per heavy atom. The Labute approximate surface area is 70.9 Å². The molecular weight excluding hydrogens is 156 g/mol. The van der Waals surface area contributed by atoms with Gasteiger partial charge in [-0.05, 0) is 12.1 Å². The van der Waals surface area contributed by atoms with E-state index in [9.17, 15) is 4.79 Å². The Balaban J connectivity index is 2.47. The number of carbonyl (C=O) groups is 1. The van der Waals surface area contributed by atoms with E-state index in [-0.39, 0.29) is 12.6 Å². The summed E-state index contributed by atoms with van der Waals surface area (Å²) in [5.74, 6) is 0.156. The highest BCUT2D eigenvalue weighted by atomic mass is 16.6. The lowest BCUT2D eigenvalue weighted by Gasteiger charge is -2.01. The van der Waals surface area contributed by atoms with E-state index in [0.29, 0.717) is 5.75 Å². The first kappa shape index (κ1) is 8.74. The van der Waals surface area contributed by atoms with Crippen LogP contribution in [0, 0.1) is 0 Å². The SMILES string of the molecule is COCC(=O)Oc1ccccc1. The van der Waals surface area contributed by atoms with Gasteiger partial charge in [0.15, 0.2) is 0 Å². The van der Waals surface area contributed by atoms with Crippen LogP contribution >= 0.6 is 0 Å². The first-order valence-corrected chi connectivity index (χ1v) is 3.57. The molecule has 64 valence electrons. The van der Waals surface area contributed by atoms with Crippen molar-refractivity contribution >= 4 is 5.97 Å². The van der Waals surface area contributed by atoms with Crippen LogP contribution < -0.4 is 4.74 Å². The Kier molecular flexibility index (Phi) is 3.29. The van der Waals surface area contributed by atoms with Gasteiger partial charge in [-0.2, -0.15) is 0 Å². The number of rotatable bonds is 3. The van der Waals surface area contributed by atoms with Gasteiger partial charge in [-0.25, -0.2) is 4.79 Å². The van der Waals surface area contributed by atoms with Crippen molar-refractivity contribution in [1.82, 2.24) is 0 Å². The van der Waals surface area contributed by atoms with Crippen LogP contribution in [0.25, 0.3) is 0 Å². The summed E-state index contributed by atoms with van der Waals surface area (Å²) in [5, 5.41) is 0. The van der Waals surface area contributed by atoms with Crippen molar-refractivity contribution in [2.75, 3.05) is 13.7 Å². The number of para-hydroxylation sites is 1. The monoisotopic (exact) mass is 166 g/mol. The minimum atomic E-state index is -0.385. The van der Waals surface area contributed by atoms with Gasteiger partial charge in [0.2, 0.25) is 0 Å². The second-order valence-electron chi connectivity index (χ2n) is 2.22. The molecular formula is C9H10O3. The number of carbonyl (C=O) groups excluding carboxylic acids is 1. The van der Waals surface area contributed by atoms with E-state index in [2.05, 4.69) is 4.74 Å². The molecule has 0 heterocycles. The molecule has 0 aliphatic heterocycles. The second kappa shape index (κ2) is 4.51. The Morgan fingerprint density at radius 1 is 1.33 bits per heavy atom. The van der Waals surface area contributed by atoms with Crippen LogP contribution in [-0.4, -0.2) is 19.7 Å². The van der Waals surface area contributed by atoms with Crippen molar-refractivity contribution < 1.29 is 14.3 Å². The van der Waals surface area contributed by atoms with Crippen molar-refractivity contribution in [2.45, 2.75) is 0 Å². The lowest BCUT2D eigenvalue weighted by molar-refractivity contribution is -0.138. The fraction of sp³-hybridized carbons (Fsp3) is 0.222. The average molecular weight is 166 g/mol. The zero-order chi connectivity index (χ0) is 8.81. The standard InChI is InChI=1S/C9H10O3/c1-11-7-9(10)12-8-5-3-2-4-6-8/h2-6H,7H2,1H3. The van der Waals surface area contributed by atoms with Gasteiger partial charge in [0.1, 0.15) is 12.4 Å². The molecule has 0 aliphatic rings. The van der Waals surface area contributed by atoms with Gasteiger partial charge in [0.25, 0.3) is 0 Å². The van der Waals surface area contributed by atoms with Gasteiger partial charge in [-0.15, -0.1) is 0 Å². The van der Waals surface area contributed by atoms with Crippen LogP contribution in [0.2, 0.25) is 0 Å². The van der Waals surface area contributed by atoms with Crippen molar-refractivity contribution in [3.05, 3.63) is 30.3 Å². The predicted octanol–water partition coefficient (Wildman–Crippen LogP) is 1.24. The average Bonchev–Trinajstić information content (AvgIpc) is 2.06. The third-order valence-corrected chi connectivity index (χ3v) is 1.24. The van der Waals surface area contributed by atoms with Crippen molar-refractivity contribution in [1.29, 1.82) is 0 Å². The van der Waals surface area contributed by atoms with Gasteiger partial charge in [-0.1, -0.05) is 18.2 Å². The molecule has 0 amide bonds. The zero-order valence-electron chi connectivity index (χ0n) is 6.82. The van der Waals surface area contributed by atoms with E-state index in [4.69, 9.17) is 4.74 Å². The van der Waals surface area contributed by atoms with E-state index in [1.807, 2.05) is 6.07 Å². The Hall–Kier alpha value is -1.35. The van der Waals surface area contributed by atoms with Crippen molar-refractivity contribution in [2.24, 2.45) is 0 Å². The second-order valence-corrected chi connectivity index (χ2v) is 2.22. The molecule has 0 aliphatic carbocycles. The smallest absolute Gasteiger partial charge is 0.337 e. The summed E-state index contributed by atoms with van der Waals surface area (Å²) in [6, 6.07) is 8.89. The molecule has 0 radical (unpaired) electrons. The quantitative estimate of drug-likeness (QED) is 0.500. The number of hydrogen-bond acceptors (Lipinski definition) is 3. The summed E-state index contributed by atoms with van der Waals surface area (Å²) < 4.78 is 9.49. The molecule has 0 spiro atoms. The van der Waals surface area contributed by atoms with E-state index in [1.54, 1.807) is 24.3 Å². The Morgan fingerprint density at radius 3 is 2.58 bits per heavy atom. The van der Waals surface area contributed by atoms with Gasteiger partial charge in [0, 0.05) is 7.11 Å². The molecule has 0 unspecified atom stereocenters. The fourth-order valence-electron chi connectivity index (χ4n) is 0.767. The van der Waals surface area contributed by atoms with Crippen LogP contribution in [0.3, 0.4) is 0 Å². The maximum absolute atomic E-state index is 10.9. The number of hydrogen-bond donors (Lipinski definition) is 0. The van der Waals surface area contributed by atoms with Gasteiger partial charge in [0.05, 0.1) is 0 Å². The molecule has 0 bridgehead atoms. The molecule has 0 saturated heterocycles. The third kappa shape index (κ3) is 2.72. The highest BCUT2D eigenvalue weighted by Crippen LogP contribution is 2.07. The summed E-state index contributed by atoms with van der Waals surface area (Å²) in [6.45, 7) is -0.0190. The van der Waals surface area contributed by atoms with Crippen LogP contribution in [-0.2, 0) is 9.53 Å². The molecule has 3 nitrogen and oxygen atoms in total. The van der Waals surface area contributed by atoms with E-state index in [1.165, 1.54) is 7.11 Å². The summed E-state index contributed by atoms with van der Waals surface area (Å²) in [5.41, 5.74) is 0. The summed E-state index contributed by atoms with van der Waals surface area (Å²) in [6.07, 6.45) is 0. The summed E-state index contributed by atoms with van der Waals surface area (Å²) in [7, 11) is 1.45. The lowest BCUT2D eigenvalue weighted by Crippen LogP contribution is -2.13. The molecule has 12 heavy (non-hydrogen) atoms. The van der Waals surface area contributed by atoms with Crippen LogP contribution in [0.1, 0.15) is 0 Å².